The van der Waals surface area contributed by atoms with Crippen molar-refractivity contribution in [2.45, 2.75) is 0 Å². The van der Waals surface area contributed by atoms with E-state index in [4.69, 9.17) is 19.4 Å². The van der Waals surface area contributed by atoms with Crippen LogP contribution in [0.25, 0.3) is 109 Å². The van der Waals surface area contributed by atoms with E-state index in [0.29, 0.717) is 17.5 Å². The molecule has 0 spiro atoms. The molecule has 11 rings (SSSR count). The van der Waals surface area contributed by atoms with Gasteiger partial charge in [-0.1, -0.05) is 140 Å². The zero-order chi connectivity index (χ0) is 34.2. The van der Waals surface area contributed by atoms with E-state index in [2.05, 4.69) is 158 Å². The molecule has 52 heavy (non-hydrogen) atoms. The van der Waals surface area contributed by atoms with Gasteiger partial charge in [0.05, 0.1) is 0 Å². The van der Waals surface area contributed by atoms with Crippen molar-refractivity contribution in [1.29, 1.82) is 0 Å². The summed E-state index contributed by atoms with van der Waals surface area (Å²) in [7, 11) is 0. The SMILES string of the molecule is c1ccc(-c2cccc3c2oc2cc(-c4nc(-c5ccc6ccccc6c5)nc(-c5ccc6c(c5)sc5ccccc56)n4)c4ccccc4c23)cc1. The van der Waals surface area contributed by atoms with E-state index in [9.17, 15) is 0 Å². The third-order valence-corrected chi connectivity index (χ3v) is 11.2. The number of hydrogen-bond donors (Lipinski definition) is 0. The van der Waals surface area contributed by atoms with Crippen molar-refractivity contribution in [3.63, 3.8) is 0 Å². The highest BCUT2D eigenvalue weighted by atomic mass is 32.1. The molecule has 11 aromatic rings. The summed E-state index contributed by atoms with van der Waals surface area (Å²) < 4.78 is 9.27. The summed E-state index contributed by atoms with van der Waals surface area (Å²) in [6.45, 7) is 0. The highest BCUT2D eigenvalue weighted by Crippen LogP contribution is 2.43. The molecule has 5 heteroatoms. The van der Waals surface area contributed by atoms with Crippen molar-refractivity contribution in [2.24, 2.45) is 0 Å². The van der Waals surface area contributed by atoms with Crippen LogP contribution in [0.2, 0.25) is 0 Å². The molecule has 0 amide bonds. The van der Waals surface area contributed by atoms with E-state index in [-0.39, 0.29) is 0 Å². The molecular formula is C47H27N3OS. The molecule has 0 unspecified atom stereocenters. The van der Waals surface area contributed by atoms with E-state index < -0.39 is 0 Å². The summed E-state index contributed by atoms with van der Waals surface area (Å²) in [6.07, 6.45) is 0. The molecule has 8 aromatic carbocycles. The number of hydrogen-bond acceptors (Lipinski definition) is 5. The van der Waals surface area contributed by atoms with Crippen LogP contribution in [0, 0.1) is 0 Å². The van der Waals surface area contributed by atoms with Gasteiger partial charge >= 0.3 is 0 Å². The molecule has 0 bridgehead atoms. The van der Waals surface area contributed by atoms with Crippen LogP contribution in [0.5, 0.6) is 0 Å². The van der Waals surface area contributed by atoms with Crippen molar-refractivity contribution in [2.75, 3.05) is 0 Å². The minimum atomic E-state index is 0.603. The first-order valence-electron chi connectivity index (χ1n) is 17.3. The van der Waals surface area contributed by atoms with Crippen molar-refractivity contribution >= 4 is 75.0 Å². The Kier molecular flexibility index (Phi) is 6.39. The maximum absolute atomic E-state index is 6.79. The highest BCUT2D eigenvalue weighted by molar-refractivity contribution is 7.25. The van der Waals surface area contributed by atoms with Crippen molar-refractivity contribution in [3.8, 4) is 45.3 Å². The van der Waals surface area contributed by atoms with Crippen LogP contribution in [-0.2, 0) is 0 Å². The number of aromatic nitrogens is 3. The van der Waals surface area contributed by atoms with Gasteiger partial charge in [-0.15, -0.1) is 11.3 Å². The standard InChI is InChI=1S/C47H27N3OS/c1-2-12-29(13-3-1)33-18-10-19-38-43-37-17-7-6-15-34(37)39(27-40(43)51-44(33)38)47-49-45(31-22-21-28-11-4-5-14-30(28)25-31)48-46(50-47)32-23-24-36-35-16-8-9-20-41(35)52-42(36)26-32/h1-27H. The zero-order valence-electron chi connectivity index (χ0n) is 27.7. The minimum absolute atomic E-state index is 0.603. The molecule has 4 nitrogen and oxygen atoms in total. The number of benzene rings is 8. The summed E-state index contributed by atoms with van der Waals surface area (Å²) in [5.41, 5.74) is 6.65. The summed E-state index contributed by atoms with van der Waals surface area (Å²) in [5.74, 6) is 1.86. The van der Waals surface area contributed by atoms with Crippen molar-refractivity contribution < 1.29 is 4.42 Å². The van der Waals surface area contributed by atoms with Gasteiger partial charge in [0.25, 0.3) is 0 Å². The first-order chi connectivity index (χ1) is 25.7. The Morgan fingerprint density at radius 1 is 0.385 bits per heavy atom. The lowest BCUT2D eigenvalue weighted by molar-refractivity contribution is 0.670. The summed E-state index contributed by atoms with van der Waals surface area (Å²) in [6, 6.07) is 57.3. The monoisotopic (exact) mass is 681 g/mol. The molecular weight excluding hydrogens is 655 g/mol. The average Bonchev–Trinajstić information content (AvgIpc) is 3.79. The van der Waals surface area contributed by atoms with E-state index >= 15 is 0 Å². The topological polar surface area (TPSA) is 51.8 Å². The minimum Gasteiger partial charge on any atom is -0.455 e. The van der Waals surface area contributed by atoms with Crippen LogP contribution in [0.1, 0.15) is 0 Å². The van der Waals surface area contributed by atoms with E-state index in [0.717, 1.165) is 65.9 Å². The number of para-hydroxylation sites is 1. The molecule has 0 aliphatic heterocycles. The highest BCUT2D eigenvalue weighted by Gasteiger charge is 2.20. The summed E-state index contributed by atoms with van der Waals surface area (Å²) >= 11 is 1.79. The third-order valence-electron chi connectivity index (χ3n) is 10.1. The van der Waals surface area contributed by atoms with Crippen LogP contribution >= 0.6 is 11.3 Å². The number of fused-ring (bicyclic) bond motifs is 9. The van der Waals surface area contributed by atoms with Gasteiger partial charge in [0.1, 0.15) is 11.2 Å². The van der Waals surface area contributed by atoms with E-state index in [1.54, 1.807) is 11.3 Å². The Bertz CT molecular complexity index is 3200. The fraction of sp³-hybridized carbons (Fsp3) is 0. The zero-order valence-corrected chi connectivity index (χ0v) is 28.6. The summed E-state index contributed by atoms with van der Waals surface area (Å²) in [4.78, 5) is 15.6. The van der Waals surface area contributed by atoms with Gasteiger partial charge in [-0.3, -0.25) is 0 Å². The molecule has 0 saturated carbocycles. The molecule has 3 aromatic heterocycles. The maximum atomic E-state index is 6.79. The molecule has 0 radical (unpaired) electrons. The van der Waals surface area contributed by atoms with Gasteiger partial charge < -0.3 is 4.42 Å². The van der Waals surface area contributed by atoms with Crippen molar-refractivity contribution in [1.82, 2.24) is 15.0 Å². The van der Waals surface area contributed by atoms with Gasteiger partial charge in [-0.05, 0) is 51.4 Å². The van der Waals surface area contributed by atoms with Gasteiger partial charge in [0.2, 0.25) is 0 Å². The Morgan fingerprint density at radius 2 is 1.04 bits per heavy atom. The van der Waals surface area contributed by atoms with Crippen LogP contribution < -0.4 is 0 Å². The number of thiophene rings is 1. The van der Waals surface area contributed by atoms with Gasteiger partial charge in [-0.25, -0.2) is 15.0 Å². The Balaban J connectivity index is 1.17. The van der Waals surface area contributed by atoms with Gasteiger partial charge in [0, 0.05) is 53.2 Å². The molecule has 242 valence electrons. The summed E-state index contributed by atoms with van der Waals surface area (Å²) in [5, 5.41) is 9.15. The van der Waals surface area contributed by atoms with Gasteiger partial charge in [0.15, 0.2) is 17.5 Å². The molecule has 0 aliphatic carbocycles. The molecule has 0 atom stereocenters. The predicted molar refractivity (Wildman–Crippen MR) is 217 cm³/mol. The Labute approximate surface area is 302 Å². The average molecular weight is 682 g/mol. The predicted octanol–water partition coefficient (Wildman–Crippen LogP) is 13.1. The normalized spacial score (nSPS) is 11.8. The lowest BCUT2D eigenvalue weighted by atomic mass is 9.97. The first kappa shape index (κ1) is 29.1. The first-order valence-corrected chi connectivity index (χ1v) is 18.2. The quantitative estimate of drug-likeness (QED) is 0.185. The number of rotatable bonds is 4. The number of furan rings is 1. The molecule has 0 aliphatic rings. The van der Waals surface area contributed by atoms with Gasteiger partial charge in [-0.2, -0.15) is 0 Å². The number of nitrogens with zero attached hydrogens (tertiary/aromatic N) is 3. The maximum Gasteiger partial charge on any atom is 0.164 e. The van der Waals surface area contributed by atoms with Crippen molar-refractivity contribution in [3.05, 3.63) is 164 Å². The fourth-order valence-corrected chi connectivity index (χ4v) is 8.79. The lowest BCUT2D eigenvalue weighted by Gasteiger charge is -2.11. The largest absolute Gasteiger partial charge is 0.455 e. The lowest BCUT2D eigenvalue weighted by Crippen LogP contribution is -2.00. The molecule has 3 heterocycles. The van der Waals surface area contributed by atoms with Crippen LogP contribution in [0.4, 0.5) is 0 Å². The van der Waals surface area contributed by atoms with E-state index in [1.165, 1.54) is 25.6 Å². The Morgan fingerprint density at radius 3 is 1.90 bits per heavy atom. The molecule has 0 fully saturated rings. The fourth-order valence-electron chi connectivity index (χ4n) is 7.64. The van der Waals surface area contributed by atoms with Crippen LogP contribution in [0.3, 0.4) is 0 Å². The smallest absolute Gasteiger partial charge is 0.164 e. The second kappa shape index (κ2) is 11.4. The second-order valence-corrected chi connectivity index (χ2v) is 14.3. The Hall–Kier alpha value is -6.69. The van der Waals surface area contributed by atoms with Crippen LogP contribution in [0.15, 0.2) is 168 Å². The van der Waals surface area contributed by atoms with E-state index in [1.807, 2.05) is 6.07 Å². The van der Waals surface area contributed by atoms with Crippen LogP contribution in [-0.4, -0.2) is 15.0 Å². The second-order valence-electron chi connectivity index (χ2n) is 13.2. The molecule has 0 N–H and O–H groups in total. The molecule has 0 saturated heterocycles. The third kappa shape index (κ3) is 4.57.